The maximum Gasteiger partial charge on any atom is 0.322 e. The molecular weight excluding hydrogens is 240 g/mol. The van der Waals surface area contributed by atoms with Crippen LogP contribution < -0.4 is 9.44 Å². The van der Waals surface area contributed by atoms with E-state index in [1.165, 1.54) is 0 Å². The number of nitrogens with one attached hydrogen (secondary N) is 2. The Bertz CT molecular complexity index is 352. The quantitative estimate of drug-likeness (QED) is 0.427. The summed E-state index contributed by atoms with van der Waals surface area (Å²) >= 11 is 0. The first kappa shape index (κ1) is 14.8. The van der Waals surface area contributed by atoms with Crippen molar-refractivity contribution in [3.05, 3.63) is 0 Å². The van der Waals surface area contributed by atoms with E-state index in [1.54, 1.807) is 11.6 Å². The number of rotatable bonds is 8. The van der Waals surface area contributed by atoms with Crippen molar-refractivity contribution in [2.75, 3.05) is 6.54 Å². The van der Waals surface area contributed by atoms with Crippen LogP contribution in [0.5, 0.6) is 0 Å². The van der Waals surface area contributed by atoms with Gasteiger partial charge in [-0.3, -0.25) is 9.59 Å². The monoisotopic (exact) mass is 254 g/mol. The second kappa shape index (κ2) is 6.40. The van der Waals surface area contributed by atoms with E-state index in [1.807, 2.05) is 0 Å². The molecule has 8 nitrogen and oxygen atoms in total. The lowest BCUT2D eigenvalue weighted by molar-refractivity contribution is -0.145. The molecule has 0 saturated carbocycles. The van der Waals surface area contributed by atoms with Gasteiger partial charge in [0.05, 0.1) is 6.42 Å². The predicted octanol–water partition coefficient (Wildman–Crippen LogP) is -1.25. The topological polar surface area (TPSA) is 133 Å². The zero-order valence-electron chi connectivity index (χ0n) is 8.63. The van der Waals surface area contributed by atoms with Gasteiger partial charge in [-0.1, -0.05) is 6.92 Å². The molecule has 0 aliphatic heterocycles. The van der Waals surface area contributed by atoms with Gasteiger partial charge in [0.25, 0.3) is 10.2 Å². The summed E-state index contributed by atoms with van der Waals surface area (Å²) in [7, 11) is -3.98. The van der Waals surface area contributed by atoms with Gasteiger partial charge in [-0.25, -0.2) is 4.72 Å². The average molecular weight is 254 g/mol. The predicted molar refractivity (Wildman–Crippen MR) is 54.0 cm³/mol. The van der Waals surface area contributed by atoms with E-state index >= 15 is 0 Å². The normalized spacial score (nSPS) is 13.3. The van der Waals surface area contributed by atoms with Crippen molar-refractivity contribution >= 4 is 22.1 Å². The highest BCUT2D eigenvalue weighted by molar-refractivity contribution is 7.87. The number of carbonyl (C=O) groups is 2. The molecule has 94 valence electrons. The van der Waals surface area contributed by atoms with Gasteiger partial charge in [0, 0.05) is 6.54 Å². The molecule has 0 aliphatic carbocycles. The van der Waals surface area contributed by atoms with Gasteiger partial charge in [-0.05, 0) is 6.42 Å². The van der Waals surface area contributed by atoms with Gasteiger partial charge in [-0.15, -0.1) is 0 Å². The van der Waals surface area contributed by atoms with Crippen molar-refractivity contribution in [3.8, 4) is 0 Å². The minimum Gasteiger partial charge on any atom is -0.481 e. The summed E-state index contributed by atoms with van der Waals surface area (Å²) in [5, 5.41) is 17.0. The smallest absolute Gasteiger partial charge is 0.322 e. The van der Waals surface area contributed by atoms with E-state index in [2.05, 4.69) is 4.72 Å². The highest BCUT2D eigenvalue weighted by Crippen LogP contribution is 1.95. The number of aliphatic carboxylic acids is 2. The Labute approximate surface area is 92.8 Å². The maximum absolute atomic E-state index is 11.2. The van der Waals surface area contributed by atoms with E-state index < -0.39 is 34.6 Å². The first-order valence-corrected chi connectivity index (χ1v) is 5.98. The third-order valence-corrected chi connectivity index (χ3v) is 2.70. The molecule has 0 aromatic heterocycles. The molecule has 0 amide bonds. The van der Waals surface area contributed by atoms with Crippen LogP contribution in [0, 0.1) is 0 Å². The molecule has 1 atom stereocenters. The van der Waals surface area contributed by atoms with Gasteiger partial charge in [0.2, 0.25) is 0 Å². The lowest BCUT2D eigenvalue weighted by atomic mass is 10.2. The summed E-state index contributed by atoms with van der Waals surface area (Å²) in [6.07, 6.45) is -0.278. The summed E-state index contributed by atoms with van der Waals surface area (Å²) in [5.41, 5.74) is 0. The molecule has 0 unspecified atom stereocenters. The van der Waals surface area contributed by atoms with Crippen molar-refractivity contribution in [1.29, 1.82) is 0 Å². The Morgan fingerprint density at radius 1 is 1.31 bits per heavy atom. The molecule has 0 aromatic rings. The molecule has 0 heterocycles. The zero-order valence-corrected chi connectivity index (χ0v) is 9.45. The van der Waals surface area contributed by atoms with Crippen LogP contribution in [0.1, 0.15) is 19.8 Å². The molecule has 16 heavy (non-hydrogen) atoms. The Kier molecular flexibility index (Phi) is 5.93. The van der Waals surface area contributed by atoms with Crippen LogP contribution in [0.4, 0.5) is 0 Å². The minimum absolute atomic E-state index is 0.148. The highest BCUT2D eigenvalue weighted by atomic mass is 32.2. The fourth-order valence-corrected chi connectivity index (χ4v) is 1.93. The minimum atomic E-state index is -3.98. The summed E-state index contributed by atoms with van der Waals surface area (Å²) in [4.78, 5) is 20.9. The third-order valence-electron chi connectivity index (χ3n) is 1.52. The standard InChI is InChI=1S/C7H14N2O6S/c1-2-3-8-16(14,15)9-5(7(12)13)4-6(10)11/h5,8-9H,2-4H2,1H3,(H,10,11)(H,12,13)/t5-/m1/s1. The van der Waals surface area contributed by atoms with Crippen LogP contribution in [-0.2, 0) is 19.8 Å². The molecule has 4 N–H and O–H groups in total. The second-order valence-corrected chi connectivity index (χ2v) is 4.54. The van der Waals surface area contributed by atoms with E-state index in [9.17, 15) is 18.0 Å². The number of carboxylic acid groups (broad SMARTS) is 2. The summed E-state index contributed by atoms with van der Waals surface area (Å²) < 4.78 is 26.2. The van der Waals surface area contributed by atoms with Crippen molar-refractivity contribution in [2.24, 2.45) is 0 Å². The Hall–Kier alpha value is -1.19. The van der Waals surface area contributed by atoms with Crippen LogP contribution in [-0.4, -0.2) is 43.2 Å². The van der Waals surface area contributed by atoms with Gasteiger partial charge in [0.1, 0.15) is 6.04 Å². The van der Waals surface area contributed by atoms with E-state index in [-0.39, 0.29) is 6.54 Å². The average Bonchev–Trinajstić information content (AvgIpc) is 2.12. The van der Waals surface area contributed by atoms with Crippen molar-refractivity contribution in [1.82, 2.24) is 9.44 Å². The van der Waals surface area contributed by atoms with E-state index in [0.717, 1.165) is 0 Å². The highest BCUT2D eigenvalue weighted by Gasteiger charge is 2.25. The van der Waals surface area contributed by atoms with Crippen molar-refractivity contribution < 1.29 is 28.2 Å². The zero-order chi connectivity index (χ0) is 12.8. The van der Waals surface area contributed by atoms with Crippen LogP contribution >= 0.6 is 0 Å². The molecule has 0 bridgehead atoms. The lowest BCUT2D eigenvalue weighted by Gasteiger charge is -2.12. The summed E-state index contributed by atoms with van der Waals surface area (Å²) in [6.45, 7) is 1.88. The van der Waals surface area contributed by atoms with Crippen LogP contribution in [0.2, 0.25) is 0 Å². The maximum atomic E-state index is 11.2. The van der Waals surface area contributed by atoms with Gasteiger partial charge in [0.15, 0.2) is 0 Å². The van der Waals surface area contributed by atoms with Gasteiger partial charge >= 0.3 is 11.9 Å². The summed E-state index contributed by atoms with van der Waals surface area (Å²) in [5.74, 6) is -2.94. The fraction of sp³-hybridized carbons (Fsp3) is 0.714. The van der Waals surface area contributed by atoms with Gasteiger partial charge in [-0.2, -0.15) is 13.1 Å². The lowest BCUT2D eigenvalue weighted by Crippen LogP contribution is -2.47. The van der Waals surface area contributed by atoms with Gasteiger partial charge < -0.3 is 10.2 Å². The molecule has 0 saturated heterocycles. The molecule has 0 rings (SSSR count). The molecular formula is C7H14N2O6S. The number of carboxylic acids is 2. The number of hydrogen-bond acceptors (Lipinski definition) is 4. The van der Waals surface area contributed by atoms with Crippen molar-refractivity contribution in [3.63, 3.8) is 0 Å². The Morgan fingerprint density at radius 3 is 2.25 bits per heavy atom. The molecule has 0 aliphatic rings. The molecule has 0 aromatic carbocycles. The van der Waals surface area contributed by atoms with Crippen molar-refractivity contribution in [2.45, 2.75) is 25.8 Å². The third kappa shape index (κ3) is 6.32. The Morgan fingerprint density at radius 2 is 1.88 bits per heavy atom. The van der Waals surface area contributed by atoms with Crippen LogP contribution in [0.25, 0.3) is 0 Å². The fourth-order valence-electron chi connectivity index (χ4n) is 0.819. The largest absolute Gasteiger partial charge is 0.481 e. The summed E-state index contributed by atoms with van der Waals surface area (Å²) in [6, 6.07) is -1.67. The molecule has 0 fully saturated rings. The SMILES string of the molecule is CCCNS(=O)(=O)N[C@H](CC(=O)O)C(=O)O. The molecule has 0 radical (unpaired) electrons. The number of hydrogen-bond donors (Lipinski definition) is 4. The molecule has 9 heteroatoms. The second-order valence-electron chi connectivity index (χ2n) is 3.00. The van der Waals surface area contributed by atoms with E-state index in [0.29, 0.717) is 6.42 Å². The van der Waals surface area contributed by atoms with E-state index in [4.69, 9.17) is 10.2 Å². The van der Waals surface area contributed by atoms with Crippen LogP contribution in [0.15, 0.2) is 0 Å². The first-order valence-electron chi connectivity index (χ1n) is 4.50. The molecule has 0 spiro atoms. The first-order chi connectivity index (χ1) is 7.28. The van der Waals surface area contributed by atoms with Crippen LogP contribution in [0.3, 0.4) is 0 Å². The Balaban J connectivity index is 4.50.